The number of likely N-dealkylation sites (N-methyl/N-ethyl adjacent to an activating group) is 1. The molecule has 7 nitrogen and oxygen atoms in total. The maximum Gasteiger partial charge on any atom is 0.240 e. The van der Waals surface area contributed by atoms with Gasteiger partial charge in [0.25, 0.3) is 0 Å². The van der Waals surface area contributed by atoms with Crippen LogP contribution in [-0.4, -0.2) is 68.9 Å². The van der Waals surface area contributed by atoms with Crippen molar-refractivity contribution in [1.29, 1.82) is 0 Å². The lowest BCUT2D eigenvalue weighted by molar-refractivity contribution is -0.114. The second-order valence-electron chi connectivity index (χ2n) is 7.26. The van der Waals surface area contributed by atoms with Crippen LogP contribution in [0.15, 0.2) is 29.2 Å². The average molecular weight is 383 g/mol. The van der Waals surface area contributed by atoms with Gasteiger partial charge in [-0.1, -0.05) is 6.92 Å². The Bertz CT molecular complexity index is 708. The zero-order valence-corrected chi connectivity index (χ0v) is 16.9. The molecule has 1 heterocycles. The van der Waals surface area contributed by atoms with Gasteiger partial charge >= 0.3 is 0 Å². The highest BCUT2D eigenvalue weighted by Crippen LogP contribution is 2.18. The first-order chi connectivity index (χ1) is 12.1. The monoisotopic (exact) mass is 382 g/mol. The van der Waals surface area contributed by atoms with Crippen molar-refractivity contribution in [1.82, 2.24) is 14.5 Å². The van der Waals surface area contributed by atoms with Crippen LogP contribution in [0.4, 0.5) is 5.69 Å². The number of sulfonamides is 1. The van der Waals surface area contributed by atoms with Gasteiger partial charge in [-0.25, -0.2) is 13.1 Å². The van der Waals surface area contributed by atoms with Gasteiger partial charge in [-0.3, -0.25) is 9.69 Å². The van der Waals surface area contributed by atoms with E-state index in [9.17, 15) is 13.2 Å². The molecule has 1 amide bonds. The third kappa shape index (κ3) is 5.51. The van der Waals surface area contributed by atoms with Crippen LogP contribution in [0.2, 0.25) is 0 Å². The van der Waals surface area contributed by atoms with Gasteiger partial charge in [0.15, 0.2) is 0 Å². The number of nitrogens with zero attached hydrogens (tertiary/aromatic N) is 2. The number of benzene rings is 1. The highest BCUT2D eigenvalue weighted by Gasteiger charge is 2.31. The third-order valence-electron chi connectivity index (χ3n) is 4.86. The molecule has 0 spiro atoms. The van der Waals surface area contributed by atoms with Crippen LogP contribution in [-0.2, 0) is 14.8 Å². The number of carbonyl (C=O) groups excluding carboxylic acids is 1. The number of amides is 1. The van der Waals surface area contributed by atoms with Crippen molar-refractivity contribution in [3.8, 4) is 0 Å². The number of anilines is 1. The Morgan fingerprint density at radius 2 is 1.69 bits per heavy atom. The van der Waals surface area contributed by atoms with Crippen molar-refractivity contribution in [2.24, 2.45) is 0 Å². The first-order valence-electron chi connectivity index (χ1n) is 8.99. The van der Waals surface area contributed by atoms with E-state index < -0.39 is 10.0 Å². The van der Waals surface area contributed by atoms with E-state index in [1.165, 1.54) is 19.1 Å². The lowest BCUT2D eigenvalue weighted by Gasteiger charge is -2.44. The maximum absolute atomic E-state index is 12.6. The fraction of sp³-hybridized carbons (Fsp3) is 0.611. The molecule has 0 aliphatic carbocycles. The molecule has 2 N–H and O–H groups in total. The largest absolute Gasteiger partial charge is 0.326 e. The summed E-state index contributed by atoms with van der Waals surface area (Å²) in [5.74, 6) is -0.191. The Hall–Kier alpha value is -1.48. The quantitative estimate of drug-likeness (QED) is 0.744. The summed E-state index contributed by atoms with van der Waals surface area (Å²) in [4.78, 5) is 16.0. The lowest BCUT2D eigenvalue weighted by Crippen LogP contribution is -2.58. The summed E-state index contributed by atoms with van der Waals surface area (Å²) in [6, 6.07) is 6.18. The number of hydrogen-bond acceptors (Lipinski definition) is 5. The molecule has 0 aromatic heterocycles. The van der Waals surface area contributed by atoms with Crippen molar-refractivity contribution in [2.75, 3.05) is 44.6 Å². The van der Waals surface area contributed by atoms with E-state index in [4.69, 9.17) is 0 Å². The van der Waals surface area contributed by atoms with E-state index in [-0.39, 0.29) is 16.3 Å². The smallest absolute Gasteiger partial charge is 0.240 e. The minimum absolute atomic E-state index is 0.191. The van der Waals surface area contributed by atoms with Crippen molar-refractivity contribution in [3.05, 3.63) is 24.3 Å². The van der Waals surface area contributed by atoms with E-state index in [0.717, 1.165) is 32.7 Å². The molecular formula is C18H30N4O3S. The molecular weight excluding hydrogens is 352 g/mol. The van der Waals surface area contributed by atoms with E-state index >= 15 is 0 Å². The van der Waals surface area contributed by atoms with Gasteiger partial charge in [0.2, 0.25) is 15.9 Å². The van der Waals surface area contributed by atoms with Crippen LogP contribution in [0.25, 0.3) is 0 Å². The van der Waals surface area contributed by atoms with E-state index in [2.05, 4.69) is 40.6 Å². The van der Waals surface area contributed by atoms with Gasteiger partial charge < -0.3 is 10.2 Å². The molecule has 1 aromatic carbocycles. The predicted octanol–water partition coefficient (Wildman–Crippen LogP) is 1.34. The zero-order chi connectivity index (χ0) is 19.4. The first kappa shape index (κ1) is 20.8. The molecule has 0 atom stereocenters. The SMILES string of the molecule is CCN1CCN(C(C)(C)CNS(=O)(=O)c2ccc(NC(C)=O)cc2)CC1. The average Bonchev–Trinajstić information content (AvgIpc) is 2.60. The van der Waals surface area contributed by atoms with Gasteiger partial charge in [0.05, 0.1) is 4.90 Å². The van der Waals surface area contributed by atoms with Crippen LogP contribution in [0.1, 0.15) is 27.7 Å². The summed E-state index contributed by atoms with van der Waals surface area (Å²) >= 11 is 0. The second-order valence-corrected chi connectivity index (χ2v) is 9.03. The van der Waals surface area contributed by atoms with Gasteiger partial charge in [-0.15, -0.1) is 0 Å². The minimum atomic E-state index is -3.59. The highest BCUT2D eigenvalue weighted by molar-refractivity contribution is 7.89. The normalized spacial score (nSPS) is 17.2. The zero-order valence-electron chi connectivity index (χ0n) is 16.1. The molecule has 1 aromatic rings. The molecule has 146 valence electrons. The van der Waals surface area contributed by atoms with Gasteiger partial charge in [-0.05, 0) is 44.7 Å². The van der Waals surface area contributed by atoms with Crippen LogP contribution < -0.4 is 10.0 Å². The topological polar surface area (TPSA) is 81.8 Å². The molecule has 8 heteroatoms. The van der Waals surface area contributed by atoms with Crippen molar-refractivity contribution in [3.63, 3.8) is 0 Å². The van der Waals surface area contributed by atoms with Gasteiger partial charge in [0, 0.05) is 50.9 Å². The van der Waals surface area contributed by atoms with Crippen molar-refractivity contribution in [2.45, 2.75) is 38.1 Å². The summed E-state index contributed by atoms with van der Waals surface area (Å²) in [5, 5.41) is 2.63. The summed E-state index contributed by atoms with van der Waals surface area (Å²) in [7, 11) is -3.59. The number of rotatable bonds is 7. The van der Waals surface area contributed by atoms with E-state index in [1.54, 1.807) is 12.1 Å². The number of piperazine rings is 1. The van der Waals surface area contributed by atoms with Crippen LogP contribution >= 0.6 is 0 Å². The van der Waals surface area contributed by atoms with Crippen molar-refractivity contribution < 1.29 is 13.2 Å². The molecule has 26 heavy (non-hydrogen) atoms. The Kier molecular flexibility index (Phi) is 6.79. The summed E-state index contributed by atoms with van der Waals surface area (Å²) < 4.78 is 27.9. The Balaban J connectivity index is 1.97. The predicted molar refractivity (Wildman–Crippen MR) is 104 cm³/mol. The summed E-state index contributed by atoms with van der Waals surface area (Å²) in [6.07, 6.45) is 0. The number of carbonyl (C=O) groups is 1. The minimum Gasteiger partial charge on any atom is -0.326 e. The van der Waals surface area contributed by atoms with Crippen LogP contribution in [0.3, 0.4) is 0 Å². The molecule has 1 saturated heterocycles. The fourth-order valence-corrected chi connectivity index (χ4v) is 4.26. The number of nitrogens with one attached hydrogen (secondary N) is 2. The van der Waals surface area contributed by atoms with Gasteiger partial charge in [-0.2, -0.15) is 0 Å². The second kappa shape index (κ2) is 8.47. The Labute approximate surface area is 156 Å². The van der Waals surface area contributed by atoms with Crippen LogP contribution in [0, 0.1) is 0 Å². The molecule has 0 unspecified atom stereocenters. The third-order valence-corrected chi connectivity index (χ3v) is 6.27. The molecule has 0 radical (unpaired) electrons. The first-order valence-corrected chi connectivity index (χ1v) is 10.5. The molecule has 1 aliphatic rings. The lowest BCUT2D eigenvalue weighted by atomic mass is 10.0. The van der Waals surface area contributed by atoms with Gasteiger partial charge in [0.1, 0.15) is 0 Å². The highest BCUT2D eigenvalue weighted by atomic mass is 32.2. The fourth-order valence-electron chi connectivity index (χ4n) is 3.06. The summed E-state index contributed by atoms with van der Waals surface area (Å²) in [6.45, 7) is 13.0. The molecule has 1 aliphatic heterocycles. The molecule has 1 fully saturated rings. The Morgan fingerprint density at radius 3 is 2.19 bits per heavy atom. The number of hydrogen-bond donors (Lipinski definition) is 2. The summed E-state index contributed by atoms with van der Waals surface area (Å²) in [5.41, 5.74) is 0.314. The molecule has 0 bridgehead atoms. The van der Waals surface area contributed by atoms with E-state index in [1.807, 2.05) is 0 Å². The molecule has 2 rings (SSSR count). The Morgan fingerprint density at radius 1 is 1.12 bits per heavy atom. The molecule has 0 saturated carbocycles. The van der Waals surface area contributed by atoms with E-state index in [0.29, 0.717) is 12.2 Å². The van der Waals surface area contributed by atoms with Crippen molar-refractivity contribution >= 4 is 21.6 Å². The standard InChI is InChI=1S/C18H30N4O3S/c1-5-21-10-12-22(13-11-21)18(3,4)14-19-26(24,25)17-8-6-16(7-9-17)20-15(2)23/h6-9,19H,5,10-14H2,1-4H3,(H,20,23). The van der Waals surface area contributed by atoms with Crippen LogP contribution in [0.5, 0.6) is 0 Å². The maximum atomic E-state index is 12.6.